The number of carbonyl (C=O) groups is 1. The van der Waals surface area contributed by atoms with Crippen LogP contribution in [0.1, 0.15) is 22.8 Å². The first kappa shape index (κ1) is 15.2. The van der Waals surface area contributed by atoms with Gasteiger partial charge >= 0.3 is 0 Å². The number of hydrogen-bond donors (Lipinski definition) is 0. The van der Waals surface area contributed by atoms with Crippen LogP contribution in [-0.2, 0) is 11.2 Å². The maximum absolute atomic E-state index is 10.9. The van der Waals surface area contributed by atoms with E-state index in [1.807, 2.05) is 6.92 Å². The molecule has 0 aliphatic carbocycles. The smallest absolute Gasteiger partial charge is 0.164 e. The summed E-state index contributed by atoms with van der Waals surface area (Å²) in [5.41, 5.74) is 1.44. The van der Waals surface area contributed by atoms with Crippen LogP contribution in [0.2, 0.25) is 0 Å². The third kappa shape index (κ3) is 4.41. The molecule has 0 atom stereocenters. The molecule has 0 spiro atoms. The molecule has 0 aliphatic rings. The first-order valence-electron chi connectivity index (χ1n) is 6.24. The minimum Gasteiger partial charge on any atom is -0.493 e. The molecule has 4 heteroatoms. The van der Waals surface area contributed by atoms with Gasteiger partial charge < -0.3 is 14.2 Å². The number of hydrogen-bond acceptors (Lipinski definition) is 4. The molecule has 0 aliphatic heterocycles. The molecule has 0 heterocycles. The topological polar surface area (TPSA) is 44.8 Å². The molecule has 19 heavy (non-hydrogen) atoms. The molecular weight excluding hydrogens is 244 g/mol. The summed E-state index contributed by atoms with van der Waals surface area (Å²) < 4.78 is 16.2. The van der Waals surface area contributed by atoms with Crippen LogP contribution in [0.5, 0.6) is 11.5 Å². The molecule has 0 N–H and O–H groups in total. The van der Waals surface area contributed by atoms with Gasteiger partial charge in [0.1, 0.15) is 12.9 Å². The van der Waals surface area contributed by atoms with E-state index < -0.39 is 0 Å². The van der Waals surface area contributed by atoms with Crippen molar-refractivity contribution in [1.29, 1.82) is 0 Å². The second-order valence-corrected chi connectivity index (χ2v) is 3.87. The van der Waals surface area contributed by atoms with E-state index in [0.717, 1.165) is 11.8 Å². The zero-order chi connectivity index (χ0) is 14.1. The summed E-state index contributed by atoms with van der Waals surface area (Å²) in [7, 11) is 1.55. The van der Waals surface area contributed by atoms with Gasteiger partial charge in [0.2, 0.25) is 0 Å². The van der Waals surface area contributed by atoms with Crippen molar-refractivity contribution in [1.82, 2.24) is 0 Å². The summed E-state index contributed by atoms with van der Waals surface area (Å²) in [6.07, 6.45) is 3.17. The van der Waals surface area contributed by atoms with Crippen molar-refractivity contribution in [3.63, 3.8) is 0 Å². The average molecular weight is 264 g/mol. The molecule has 0 saturated carbocycles. The average Bonchev–Trinajstić information content (AvgIpc) is 2.44. The largest absolute Gasteiger partial charge is 0.493 e. The molecule has 0 saturated heterocycles. The number of benzene rings is 1. The summed E-state index contributed by atoms with van der Waals surface area (Å²) in [6, 6.07) is 3.45. The molecule has 104 valence electrons. The Morgan fingerprint density at radius 3 is 2.68 bits per heavy atom. The third-order valence-corrected chi connectivity index (χ3v) is 2.55. The van der Waals surface area contributed by atoms with Gasteiger partial charge in [0.25, 0.3) is 0 Å². The van der Waals surface area contributed by atoms with Crippen molar-refractivity contribution in [3.8, 4) is 11.5 Å². The third-order valence-electron chi connectivity index (χ3n) is 2.55. The number of carbonyl (C=O) groups excluding carboxylic acids is 1. The van der Waals surface area contributed by atoms with E-state index in [4.69, 9.17) is 14.2 Å². The molecule has 0 aromatic heterocycles. The van der Waals surface area contributed by atoms with Gasteiger partial charge in [-0.1, -0.05) is 6.08 Å². The molecule has 0 bridgehead atoms. The van der Waals surface area contributed by atoms with Gasteiger partial charge in [-0.05, 0) is 25.5 Å². The van der Waals surface area contributed by atoms with Crippen molar-refractivity contribution in [2.45, 2.75) is 13.3 Å². The van der Waals surface area contributed by atoms with Gasteiger partial charge in [0.05, 0.1) is 13.7 Å². The highest BCUT2D eigenvalue weighted by molar-refractivity contribution is 5.77. The van der Waals surface area contributed by atoms with Crippen molar-refractivity contribution in [3.05, 3.63) is 35.9 Å². The van der Waals surface area contributed by atoms with Gasteiger partial charge in [-0.2, -0.15) is 0 Å². The Labute approximate surface area is 114 Å². The van der Waals surface area contributed by atoms with E-state index in [1.54, 1.807) is 25.3 Å². The van der Waals surface area contributed by atoms with E-state index in [0.29, 0.717) is 43.3 Å². The fourth-order valence-corrected chi connectivity index (χ4v) is 1.72. The Hall–Kier alpha value is -1.81. The SMILES string of the molecule is C=CCc1cc(C=O)cc(OC)c1OCCOCC. The van der Waals surface area contributed by atoms with Crippen LogP contribution in [0.15, 0.2) is 24.8 Å². The molecule has 1 rings (SSSR count). The number of methoxy groups -OCH3 is 1. The van der Waals surface area contributed by atoms with Crippen molar-refractivity contribution in [2.75, 3.05) is 26.9 Å². The first-order valence-corrected chi connectivity index (χ1v) is 6.24. The van der Waals surface area contributed by atoms with Gasteiger partial charge in [0, 0.05) is 17.7 Å². The zero-order valence-corrected chi connectivity index (χ0v) is 11.5. The quantitative estimate of drug-likeness (QED) is 0.391. The highest BCUT2D eigenvalue weighted by Crippen LogP contribution is 2.33. The summed E-state index contributed by atoms with van der Waals surface area (Å²) in [5.74, 6) is 1.20. The highest BCUT2D eigenvalue weighted by atomic mass is 16.5. The van der Waals surface area contributed by atoms with Gasteiger partial charge in [-0.25, -0.2) is 0 Å². The van der Waals surface area contributed by atoms with Crippen LogP contribution in [0.25, 0.3) is 0 Å². The molecule has 0 radical (unpaired) electrons. The van der Waals surface area contributed by atoms with Crippen molar-refractivity contribution < 1.29 is 19.0 Å². The fourth-order valence-electron chi connectivity index (χ4n) is 1.72. The van der Waals surface area contributed by atoms with Crippen molar-refractivity contribution >= 4 is 6.29 Å². The molecule has 0 amide bonds. The summed E-state index contributed by atoms with van der Waals surface area (Å²) in [4.78, 5) is 10.9. The van der Waals surface area contributed by atoms with E-state index in [9.17, 15) is 4.79 Å². The summed E-state index contributed by atoms with van der Waals surface area (Å²) in [6.45, 7) is 7.25. The van der Waals surface area contributed by atoms with Gasteiger partial charge in [0.15, 0.2) is 11.5 Å². The summed E-state index contributed by atoms with van der Waals surface area (Å²) >= 11 is 0. The van der Waals surface area contributed by atoms with Crippen LogP contribution in [0, 0.1) is 0 Å². The molecule has 1 aromatic rings. The van der Waals surface area contributed by atoms with E-state index in [-0.39, 0.29) is 0 Å². The molecule has 4 nitrogen and oxygen atoms in total. The lowest BCUT2D eigenvalue weighted by atomic mass is 10.1. The Balaban J connectivity index is 2.96. The van der Waals surface area contributed by atoms with Crippen LogP contribution >= 0.6 is 0 Å². The number of aldehydes is 1. The minimum absolute atomic E-state index is 0.439. The Kier molecular flexibility index (Phi) is 6.68. The monoisotopic (exact) mass is 264 g/mol. The van der Waals surface area contributed by atoms with E-state index in [2.05, 4.69) is 6.58 Å². The van der Waals surface area contributed by atoms with E-state index >= 15 is 0 Å². The minimum atomic E-state index is 0.439. The standard InChI is InChI=1S/C15H20O4/c1-4-6-13-9-12(11-16)10-14(17-3)15(13)19-8-7-18-5-2/h4,9-11H,1,5-8H2,2-3H3. The molecule has 0 unspecified atom stereocenters. The van der Waals surface area contributed by atoms with Crippen LogP contribution in [0.4, 0.5) is 0 Å². The molecule has 0 fully saturated rings. The Bertz CT molecular complexity index is 426. The zero-order valence-electron chi connectivity index (χ0n) is 11.5. The predicted molar refractivity (Wildman–Crippen MR) is 74.3 cm³/mol. The summed E-state index contributed by atoms with van der Waals surface area (Å²) in [5, 5.41) is 0. The first-order chi connectivity index (χ1) is 9.26. The lowest BCUT2D eigenvalue weighted by Crippen LogP contribution is -2.09. The Morgan fingerprint density at radius 2 is 2.11 bits per heavy atom. The Morgan fingerprint density at radius 1 is 1.32 bits per heavy atom. The van der Waals surface area contributed by atoms with Gasteiger partial charge in [-0.3, -0.25) is 4.79 Å². The number of allylic oxidation sites excluding steroid dienone is 1. The fraction of sp³-hybridized carbons (Fsp3) is 0.400. The lowest BCUT2D eigenvalue weighted by molar-refractivity contribution is 0.108. The highest BCUT2D eigenvalue weighted by Gasteiger charge is 2.12. The molecule has 1 aromatic carbocycles. The van der Waals surface area contributed by atoms with E-state index in [1.165, 1.54) is 0 Å². The second kappa shape index (κ2) is 8.32. The lowest BCUT2D eigenvalue weighted by Gasteiger charge is -2.15. The molecular formula is C15H20O4. The second-order valence-electron chi connectivity index (χ2n) is 3.87. The number of ether oxygens (including phenoxy) is 3. The van der Waals surface area contributed by atoms with Crippen LogP contribution < -0.4 is 9.47 Å². The van der Waals surface area contributed by atoms with Crippen molar-refractivity contribution in [2.24, 2.45) is 0 Å². The maximum atomic E-state index is 10.9. The normalized spacial score (nSPS) is 10.0. The van der Waals surface area contributed by atoms with Crippen LogP contribution in [-0.4, -0.2) is 33.2 Å². The van der Waals surface area contributed by atoms with Gasteiger partial charge in [-0.15, -0.1) is 6.58 Å². The predicted octanol–water partition coefficient (Wildman–Crippen LogP) is 2.65. The number of rotatable bonds is 9. The van der Waals surface area contributed by atoms with Crippen LogP contribution in [0.3, 0.4) is 0 Å². The maximum Gasteiger partial charge on any atom is 0.164 e.